The van der Waals surface area contributed by atoms with Crippen LogP contribution >= 0.6 is 0 Å². The molecule has 6 nitrogen and oxygen atoms in total. The number of carbonyl (C=O) groups is 1. The van der Waals surface area contributed by atoms with E-state index < -0.39 is 11.7 Å². The third-order valence-corrected chi connectivity index (χ3v) is 3.48. The summed E-state index contributed by atoms with van der Waals surface area (Å²) < 4.78 is 23.6. The number of hydrogen-bond acceptors (Lipinski definition) is 5. The standard InChI is InChI=1S/C17H14FN3O3/c1-21(14-6-5-12(18)8-16(14)23-2)17(22)13-9-15(24-20-13)11-4-3-7-19-10-11/h3-10H,1-2H3. The molecule has 2 aromatic heterocycles. The van der Waals surface area contributed by atoms with E-state index in [2.05, 4.69) is 10.1 Å². The molecule has 1 amide bonds. The van der Waals surface area contributed by atoms with Crippen LogP contribution in [0.25, 0.3) is 11.3 Å². The minimum Gasteiger partial charge on any atom is -0.494 e. The van der Waals surface area contributed by atoms with Crippen LogP contribution in [0, 0.1) is 5.82 Å². The maximum Gasteiger partial charge on any atom is 0.280 e. The molecule has 0 saturated heterocycles. The van der Waals surface area contributed by atoms with Gasteiger partial charge in [-0.1, -0.05) is 5.16 Å². The minimum absolute atomic E-state index is 0.128. The van der Waals surface area contributed by atoms with Gasteiger partial charge in [0.05, 0.1) is 12.8 Å². The summed E-state index contributed by atoms with van der Waals surface area (Å²) >= 11 is 0. The first kappa shape index (κ1) is 15.7. The second-order valence-corrected chi connectivity index (χ2v) is 5.00. The van der Waals surface area contributed by atoms with E-state index in [1.54, 1.807) is 31.6 Å². The van der Waals surface area contributed by atoms with Crippen molar-refractivity contribution in [2.45, 2.75) is 0 Å². The molecule has 24 heavy (non-hydrogen) atoms. The molecule has 2 heterocycles. The Kier molecular flexibility index (Phi) is 4.24. The number of carbonyl (C=O) groups excluding carboxylic acids is 1. The molecule has 0 unspecified atom stereocenters. The van der Waals surface area contributed by atoms with Crippen molar-refractivity contribution in [2.75, 3.05) is 19.1 Å². The van der Waals surface area contributed by atoms with Gasteiger partial charge in [-0.2, -0.15) is 0 Å². The number of amides is 1. The smallest absolute Gasteiger partial charge is 0.280 e. The lowest BCUT2D eigenvalue weighted by atomic mass is 10.2. The number of methoxy groups -OCH3 is 1. The van der Waals surface area contributed by atoms with Crippen molar-refractivity contribution in [3.8, 4) is 17.1 Å². The predicted octanol–water partition coefficient (Wildman–Crippen LogP) is 3.16. The van der Waals surface area contributed by atoms with Crippen LogP contribution in [0.5, 0.6) is 5.75 Å². The first-order valence-electron chi connectivity index (χ1n) is 7.09. The molecule has 0 aliphatic carbocycles. The van der Waals surface area contributed by atoms with Gasteiger partial charge in [0.15, 0.2) is 11.5 Å². The molecule has 0 radical (unpaired) electrons. The van der Waals surface area contributed by atoms with Crippen molar-refractivity contribution in [1.82, 2.24) is 10.1 Å². The highest BCUT2D eigenvalue weighted by atomic mass is 19.1. The molecule has 0 bridgehead atoms. The van der Waals surface area contributed by atoms with Crippen LogP contribution in [0.4, 0.5) is 10.1 Å². The number of ether oxygens (including phenoxy) is 1. The topological polar surface area (TPSA) is 68.5 Å². The fourth-order valence-corrected chi connectivity index (χ4v) is 2.23. The fraction of sp³-hybridized carbons (Fsp3) is 0.118. The van der Waals surface area contributed by atoms with E-state index in [4.69, 9.17) is 9.26 Å². The molecule has 0 aliphatic rings. The number of rotatable bonds is 4. The van der Waals surface area contributed by atoms with Gasteiger partial charge in [-0.05, 0) is 24.3 Å². The van der Waals surface area contributed by atoms with E-state index >= 15 is 0 Å². The number of nitrogens with zero attached hydrogens (tertiary/aromatic N) is 3. The van der Waals surface area contributed by atoms with Gasteiger partial charge in [0.25, 0.3) is 5.91 Å². The number of hydrogen-bond donors (Lipinski definition) is 0. The molecule has 3 aromatic rings. The molecular formula is C17H14FN3O3. The maximum atomic E-state index is 13.3. The van der Waals surface area contributed by atoms with Crippen molar-refractivity contribution in [3.05, 3.63) is 60.3 Å². The Bertz CT molecular complexity index is 865. The van der Waals surface area contributed by atoms with E-state index in [9.17, 15) is 9.18 Å². The van der Waals surface area contributed by atoms with E-state index in [-0.39, 0.29) is 11.4 Å². The Morgan fingerprint density at radius 1 is 1.29 bits per heavy atom. The summed E-state index contributed by atoms with van der Waals surface area (Å²) in [5.41, 5.74) is 1.27. The van der Waals surface area contributed by atoms with Crippen LogP contribution in [0.15, 0.2) is 53.3 Å². The quantitative estimate of drug-likeness (QED) is 0.736. The summed E-state index contributed by atoms with van der Waals surface area (Å²) in [5, 5.41) is 3.80. The van der Waals surface area contributed by atoms with Crippen LogP contribution in [0.3, 0.4) is 0 Å². The fourth-order valence-electron chi connectivity index (χ4n) is 2.23. The van der Waals surface area contributed by atoms with Gasteiger partial charge in [0.1, 0.15) is 11.6 Å². The summed E-state index contributed by atoms with van der Waals surface area (Å²) in [6.07, 6.45) is 3.25. The SMILES string of the molecule is COc1cc(F)ccc1N(C)C(=O)c1cc(-c2cccnc2)on1. The van der Waals surface area contributed by atoms with Crippen LogP contribution < -0.4 is 9.64 Å². The maximum absolute atomic E-state index is 13.3. The van der Waals surface area contributed by atoms with Gasteiger partial charge in [-0.3, -0.25) is 9.78 Å². The van der Waals surface area contributed by atoms with Crippen molar-refractivity contribution in [1.29, 1.82) is 0 Å². The van der Waals surface area contributed by atoms with Crippen LogP contribution in [-0.4, -0.2) is 30.2 Å². The second kappa shape index (κ2) is 6.49. The zero-order valence-corrected chi connectivity index (χ0v) is 13.1. The molecule has 3 rings (SSSR count). The molecule has 0 saturated carbocycles. The van der Waals surface area contributed by atoms with E-state index in [1.165, 1.54) is 36.3 Å². The van der Waals surface area contributed by atoms with Gasteiger partial charge >= 0.3 is 0 Å². The lowest BCUT2D eigenvalue weighted by Crippen LogP contribution is -2.27. The summed E-state index contributed by atoms with van der Waals surface area (Å²) in [6.45, 7) is 0. The molecule has 0 aliphatic heterocycles. The lowest BCUT2D eigenvalue weighted by Gasteiger charge is -2.18. The van der Waals surface area contributed by atoms with Gasteiger partial charge < -0.3 is 14.2 Å². The predicted molar refractivity (Wildman–Crippen MR) is 85.4 cm³/mol. The molecule has 0 N–H and O–H groups in total. The Labute approximate surface area is 137 Å². The minimum atomic E-state index is -0.447. The monoisotopic (exact) mass is 327 g/mol. The van der Waals surface area contributed by atoms with Crippen LogP contribution in [0.2, 0.25) is 0 Å². The number of pyridine rings is 1. The molecule has 0 atom stereocenters. The van der Waals surface area contributed by atoms with E-state index in [0.717, 1.165) is 0 Å². The largest absolute Gasteiger partial charge is 0.494 e. The number of benzene rings is 1. The highest BCUT2D eigenvalue weighted by molar-refractivity contribution is 6.05. The molecule has 7 heteroatoms. The van der Waals surface area contributed by atoms with Crippen molar-refractivity contribution >= 4 is 11.6 Å². The van der Waals surface area contributed by atoms with Crippen molar-refractivity contribution in [2.24, 2.45) is 0 Å². The first-order valence-corrected chi connectivity index (χ1v) is 7.09. The normalized spacial score (nSPS) is 10.5. The summed E-state index contributed by atoms with van der Waals surface area (Å²) in [6, 6.07) is 9.03. The first-order chi connectivity index (χ1) is 11.6. The van der Waals surface area contributed by atoms with Crippen LogP contribution in [0.1, 0.15) is 10.5 Å². The molecule has 0 spiro atoms. The number of halogens is 1. The summed E-state index contributed by atoms with van der Waals surface area (Å²) in [4.78, 5) is 17.9. The summed E-state index contributed by atoms with van der Waals surface area (Å²) in [5.74, 6) is -0.164. The third-order valence-electron chi connectivity index (χ3n) is 3.48. The van der Waals surface area contributed by atoms with E-state index in [1.807, 2.05) is 0 Å². The Hall–Kier alpha value is -3.22. The molecule has 122 valence electrons. The van der Waals surface area contributed by atoms with Crippen LogP contribution in [-0.2, 0) is 0 Å². The van der Waals surface area contributed by atoms with Gasteiger partial charge in [0.2, 0.25) is 0 Å². The zero-order valence-electron chi connectivity index (χ0n) is 13.1. The average molecular weight is 327 g/mol. The van der Waals surface area contributed by atoms with E-state index in [0.29, 0.717) is 17.0 Å². The molecule has 0 fully saturated rings. The van der Waals surface area contributed by atoms with Gasteiger partial charge in [-0.15, -0.1) is 0 Å². The summed E-state index contributed by atoms with van der Waals surface area (Å²) in [7, 11) is 2.96. The number of anilines is 1. The molecular weight excluding hydrogens is 313 g/mol. The Balaban J connectivity index is 1.88. The zero-order chi connectivity index (χ0) is 17.1. The Morgan fingerprint density at radius 3 is 2.83 bits per heavy atom. The highest BCUT2D eigenvalue weighted by Gasteiger charge is 2.21. The second-order valence-electron chi connectivity index (χ2n) is 5.00. The highest BCUT2D eigenvalue weighted by Crippen LogP contribution is 2.29. The number of aromatic nitrogens is 2. The van der Waals surface area contributed by atoms with Gasteiger partial charge in [0, 0.05) is 37.1 Å². The average Bonchev–Trinajstić information content (AvgIpc) is 3.11. The van der Waals surface area contributed by atoms with Crippen molar-refractivity contribution < 1.29 is 18.4 Å². The molecule has 1 aromatic carbocycles. The lowest BCUT2D eigenvalue weighted by molar-refractivity contribution is 0.0983. The third kappa shape index (κ3) is 2.96. The Morgan fingerprint density at radius 2 is 2.12 bits per heavy atom. The van der Waals surface area contributed by atoms with Crippen molar-refractivity contribution in [3.63, 3.8) is 0 Å². The van der Waals surface area contributed by atoms with Gasteiger partial charge in [-0.25, -0.2) is 4.39 Å².